The van der Waals surface area contributed by atoms with Crippen LogP contribution in [0.25, 0.3) is 10.9 Å². The molecule has 1 fully saturated rings. The third-order valence-corrected chi connectivity index (χ3v) is 6.12. The Labute approximate surface area is 209 Å². The molecular weight excluding hydrogens is 482 g/mol. The Bertz CT molecular complexity index is 1110. The molecule has 3 aromatic rings. The summed E-state index contributed by atoms with van der Waals surface area (Å²) in [6.07, 6.45) is 3.08. The van der Waals surface area contributed by atoms with E-state index >= 15 is 0 Å². The molecule has 1 aromatic heterocycles. The van der Waals surface area contributed by atoms with Crippen molar-refractivity contribution in [3.8, 4) is 11.5 Å². The Morgan fingerprint density at radius 1 is 1.21 bits per heavy atom. The van der Waals surface area contributed by atoms with Crippen molar-refractivity contribution in [3.63, 3.8) is 0 Å². The molecule has 1 unspecified atom stereocenters. The third-order valence-electron chi connectivity index (χ3n) is 5.88. The number of anilines is 2. The monoisotopic (exact) mass is 510 g/mol. The largest absolute Gasteiger partial charge is 0.493 e. The molecule has 0 saturated carbocycles. The number of hydrogen-bond acceptors (Lipinski definition) is 7. The first-order chi connectivity index (χ1) is 15.9. The van der Waals surface area contributed by atoms with Gasteiger partial charge in [-0.15, -0.1) is 12.4 Å². The van der Waals surface area contributed by atoms with Crippen LogP contribution in [-0.2, 0) is 0 Å². The van der Waals surface area contributed by atoms with E-state index in [0.29, 0.717) is 39.8 Å². The van der Waals surface area contributed by atoms with Crippen LogP contribution in [0.5, 0.6) is 11.5 Å². The molecule has 184 valence electrons. The molecule has 1 aliphatic heterocycles. The van der Waals surface area contributed by atoms with Crippen LogP contribution in [0.15, 0.2) is 36.7 Å². The van der Waals surface area contributed by atoms with E-state index in [0.717, 1.165) is 31.8 Å². The number of likely N-dealkylation sites (tertiary alicyclic amines) is 1. The predicted molar refractivity (Wildman–Crippen MR) is 134 cm³/mol. The van der Waals surface area contributed by atoms with Crippen molar-refractivity contribution in [1.29, 1.82) is 0 Å². The summed E-state index contributed by atoms with van der Waals surface area (Å²) in [5, 5.41) is 14.4. The second kappa shape index (κ2) is 11.8. The van der Waals surface area contributed by atoms with Crippen molar-refractivity contribution in [3.05, 3.63) is 47.5 Å². The van der Waals surface area contributed by atoms with Crippen LogP contribution < -0.4 is 14.8 Å². The zero-order valence-corrected chi connectivity index (χ0v) is 20.7. The Morgan fingerprint density at radius 2 is 1.97 bits per heavy atom. The number of halogens is 3. The number of piperidine rings is 1. The Hall–Kier alpha value is -2.39. The lowest BCUT2D eigenvalue weighted by molar-refractivity contribution is 0.0555. The van der Waals surface area contributed by atoms with Crippen LogP contribution >= 0.6 is 24.0 Å². The van der Waals surface area contributed by atoms with Crippen molar-refractivity contribution in [2.75, 3.05) is 38.7 Å². The van der Waals surface area contributed by atoms with Gasteiger partial charge in [-0.05, 0) is 56.1 Å². The molecule has 2 N–H and O–H groups in total. The van der Waals surface area contributed by atoms with Gasteiger partial charge in [-0.1, -0.05) is 18.5 Å². The van der Waals surface area contributed by atoms with Crippen molar-refractivity contribution in [1.82, 2.24) is 14.9 Å². The van der Waals surface area contributed by atoms with E-state index in [-0.39, 0.29) is 24.7 Å². The summed E-state index contributed by atoms with van der Waals surface area (Å²) in [4.78, 5) is 10.8. The first-order valence-corrected chi connectivity index (χ1v) is 11.4. The van der Waals surface area contributed by atoms with E-state index < -0.39 is 11.9 Å². The molecule has 1 atom stereocenters. The highest BCUT2D eigenvalue weighted by Gasteiger charge is 2.19. The minimum absolute atomic E-state index is 0. The van der Waals surface area contributed by atoms with Gasteiger partial charge in [-0.25, -0.2) is 14.4 Å². The van der Waals surface area contributed by atoms with Gasteiger partial charge in [0, 0.05) is 23.0 Å². The predicted octanol–water partition coefficient (Wildman–Crippen LogP) is 5.07. The summed E-state index contributed by atoms with van der Waals surface area (Å²) < 4.78 is 25.6. The number of ether oxygens (including phenoxy) is 2. The van der Waals surface area contributed by atoms with Gasteiger partial charge < -0.3 is 24.8 Å². The molecule has 0 spiro atoms. The first-order valence-electron chi connectivity index (χ1n) is 11.0. The maximum atomic E-state index is 14.2. The number of rotatable bonds is 8. The van der Waals surface area contributed by atoms with Crippen LogP contribution in [0.1, 0.15) is 19.8 Å². The number of nitrogens with one attached hydrogen (secondary N) is 1. The molecule has 34 heavy (non-hydrogen) atoms. The smallest absolute Gasteiger partial charge is 0.163 e. The molecule has 0 radical (unpaired) electrons. The van der Waals surface area contributed by atoms with Crippen molar-refractivity contribution in [2.45, 2.75) is 25.9 Å². The van der Waals surface area contributed by atoms with Gasteiger partial charge in [0.1, 0.15) is 30.7 Å². The molecule has 4 rings (SSSR count). The molecule has 10 heteroatoms. The van der Waals surface area contributed by atoms with Gasteiger partial charge in [0.05, 0.1) is 18.3 Å². The summed E-state index contributed by atoms with van der Waals surface area (Å²) in [6.45, 7) is 4.97. The summed E-state index contributed by atoms with van der Waals surface area (Å²) in [5.74, 6) is 1.62. The number of aromatic nitrogens is 2. The zero-order chi connectivity index (χ0) is 23.4. The number of aliphatic hydroxyl groups is 1. The van der Waals surface area contributed by atoms with Crippen LogP contribution in [0.2, 0.25) is 5.02 Å². The average Bonchev–Trinajstić information content (AvgIpc) is 2.80. The minimum atomic E-state index is -0.616. The second-order valence-corrected chi connectivity index (χ2v) is 8.88. The van der Waals surface area contributed by atoms with Gasteiger partial charge >= 0.3 is 0 Å². The highest BCUT2D eigenvalue weighted by atomic mass is 35.5. The minimum Gasteiger partial charge on any atom is -0.493 e. The number of hydrogen-bond donors (Lipinski definition) is 2. The van der Waals surface area contributed by atoms with Crippen LogP contribution in [0.4, 0.5) is 15.9 Å². The average molecular weight is 511 g/mol. The fraction of sp³-hybridized carbons (Fsp3) is 0.417. The molecular formula is C24H29Cl2FN4O3. The van der Waals surface area contributed by atoms with Gasteiger partial charge in [-0.2, -0.15) is 0 Å². The second-order valence-electron chi connectivity index (χ2n) is 8.44. The maximum Gasteiger partial charge on any atom is 0.163 e. The summed E-state index contributed by atoms with van der Waals surface area (Å²) in [6, 6.07) is 7.84. The summed E-state index contributed by atoms with van der Waals surface area (Å²) >= 11 is 5.84. The molecule has 7 nitrogen and oxygen atoms in total. The Balaban J connectivity index is 0.00000324. The fourth-order valence-electron chi connectivity index (χ4n) is 3.94. The number of methoxy groups -OCH3 is 1. The van der Waals surface area contributed by atoms with E-state index in [2.05, 4.69) is 27.1 Å². The number of β-amino-alcohol motifs (C(OH)–C–C–N with tert-alkyl or cyclic N) is 1. The van der Waals surface area contributed by atoms with Gasteiger partial charge in [0.25, 0.3) is 0 Å². The maximum absolute atomic E-state index is 14.2. The molecule has 0 amide bonds. The lowest BCUT2D eigenvalue weighted by Gasteiger charge is -2.31. The van der Waals surface area contributed by atoms with Crippen LogP contribution in [0, 0.1) is 11.7 Å². The van der Waals surface area contributed by atoms with E-state index in [1.165, 1.54) is 19.5 Å². The van der Waals surface area contributed by atoms with Crippen molar-refractivity contribution < 1.29 is 19.0 Å². The summed E-state index contributed by atoms with van der Waals surface area (Å²) in [5.41, 5.74) is 0.839. The summed E-state index contributed by atoms with van der Waals surface area (Å²) in [7, 11) is 1.54. The SMILES string of the molecule is COc1cc2c(Nc3ccc(Cl)cc3F)ncnc2cc1OCC(O)CN1CCC(C)CC1.Cl. The molecule has 0 aliphatic carbocycles. The van der Waals surface area contributed by atoms with E-state index in [4.69, 9.17) is 21.1 Å². The number of aliphatic hydroxyl groups excluding tert-OH is 1. The Kier molecular flexibility index (Phi) is 9.13. The zero-order valence-electron chi connectivity index (χ0n) is 19.1. The molecule has 1 saturated heterocycles. The molecule has 2 aromatic carbocycles. The quantitative estimate of drug-likeness (QED) is 0.437. The van der Waals surface area contributed by atoms with Crippen molar-refractivity contribution >= 4 is 46.4 Å². The topological polar surface area (TPSA) is 79.7 Å². The van der Waals surface area contributed by atoms with E-state index in [9.17, 15) is 9.50 Å². The number of nitrogens with zero attached hydrogens (tertiary/aromatic N) is 3. The number of fused-ring (bicyclic) bond motifs is 1. The highest BCUT2D eigenvalue weighted by Crippen LogP contribution is 2.35. The van der Waals surface area contributed by atoms with Crippen LogP contribution in [-0.4, -0.2) is 59.4 Å². The Morgan fingerprint density at radius 3 is 2.68 bits per heavy atom. The van der Waals surface area contributed by atoms with Crippen molar-refractivity contribution in [2.24, 2.45) is 5.92 Å². The van der Waals surface area contributed by atoms with E-state index in [1.807, 2.05) is 0 Å². The lowest BCUT2D eigenvalue weighted by Crippen LogP contribution is -2.40. The number of benzene rings is 2. The normalized spacial score (nSPS) is 15.6. The van der Waals surface area contributed by atoms with Gasteiger partial charge in [0.2, 0.25) is 0 Å². The molecule has 1 aliphatic rings. The molecule has 2 heterocycles. The fourth-order valence-corrected chi connectivity index (χ4v) is 4.09. The van der Waals surface area contributed by atoms with E-state index in [1.54, 1.807) is 24.3 Å². The lowest BCUT2D eigenvalue weighted by atomic mass is 9.99. The molecule has 0 bridgehead atoms. The highest BCUT2D eigenvalue weighted by molar-refractivity contribution is 6.30. The first kappa shape index (κ1) is 26.2. The standard InChI is InChI=1S/C24H28ClFN4O3.ClH/c1-15-5-7-30(8-6-15)12-17(31)13-33-23-11-21-18(10-22(23)32-2)24(28-14-27-21)29-20-4-3-16(25)9-19(20)26;/h3-4,9-11,14-15,17,31H,5-8,12-13H2,1-2H3,(H,27,28,29);1H. The van der Waals surface area contributed by atoms with Gasteiger partial charge in [-0.3, -0.25) is 0 Å². The van der Waals surface area contributed by atoms with Crippen LogP contribution in [0.3, 0.4) is 0 Å². The van der Waals surface area contributed by atoms with Gasteiger partial charge in [0.15, 0.2) is 11.5 Å². The third kappa shape index (κ3) is 6.39.